The first-order valence-corrected chi connectivity index (χ1v) is 7.64. The topological polar surface area (TPSA) is 36.8 Å². The lowest BCUT2D eigenvalue weighted by molar-refractivity contribution is 0.374. The second-order valence-corrected chi connectivity index (χ2v) is 5.77. The average molecular weight is 322 g/mol. The minimum Gasteiger partial charge on any atom is -0.331 e. The van der Waals surface area contributed by atoms with Crippen LogP contribution in [-0.2, 0) is 0 Å². The van der Waals surface area contributed by atoms with Gasteiger partial charge in [0.1, 0.15) is 5.84 Å². The summed E-state index contributed by atoms with van der Waals surface area (Å²) < 4.78 is 1.08. The molecule has 0 atom stereocenters. The third kappa shape index (κ3) is 3.44. The molecule has 0 amide bonds. The van der Waals surface area contributed by atoms with Crippen molar-refractivity contribution in [3.05, 3.63) is 34.3 Å². The minimum atomic E-state index is -0.267. The number of aliphatic imine (C=N–C) groups is 2. The smallest absolute Gasteiger partial charge is 0.154 e. The lowest BCUT2D eigenvalue weighted by atomic mass is 9.99. The number of amidine groups is 1. The fourth-order valence-electron chi connectivity index (χ4n) is 2.41. The summed E-state index contributed by atoms with van der Waals surface area (Å²) in [6.07, 6.45) is 5.98. The van der Waals surface area contributed by atoms with Crippen LogP contribution in [0.15, 0.2) is 38.7 Å². The van der Waals surface area contributed by atoms with Crippen molar-refractivity contribution in [3.8, 4) is 0 Å². The van der Waals surface area contributed by atoms with Crippen molar-refractivity contribution in [2.75, 3.05) is 0 Å². The molecule has 2 rings (SSSR count). The molecule has 1 aliphatic rings. The first kappa shape index (κ1) is 14.3. The standard InChI is InChI=1S/C15H20BrN3/c1-3-9-15(10-4-2)18-11-17-14(19-15)12-5-7-13(16)8-6-12/h5-8,11H,3-4,9-10H2,1-2H3,(H,17,18,19). The van der Waals surface area contributed by atoms with Crippen LogP contribution in [0.4, 0.5) is 0 Å². The fourth-order valence-corrected chi connectivity index (χ4v) is 2.67. The Kier molecular flexibility index (Phi) is 4.75. The molecular formula is C15H20BrN3. The molecule has 1 heterocycles. The number of benzene rings is 1. The maximum Gasteiger partial charge on any atom is 0.154 e. The zero-order valence-electron chi connectivity index (χ0n) is 11.5. The van der Waals surface area contributed by atoms with E-state index in [-0.39, 0.29) is 5.66 Å². The van der Waals surface area contributed by atoms with Crippen LogP contribution in [0, 0.1) is 0 Å². The molecule has 102 valence electrons. The molecule has 0 radical (unpaired) electrons. The van der Waals surface area contributed by atoms with Crippen molar-refractivity contribution in [2.45, 2.75) is 45.2 Å². The van der Waals surface area contributed by atoms with Crippen LogP contribution in [0.3, 0.4) is 0 Å². The van der Waals surface area contributed by atoms with E-state index in [0.717, 1.165) is 41.6 Å². The van der Waals surface area contributed by atoms with Gasteiger partial charge in [0.15, 0.2) is 5.66 Å². The van der Waals surface area contributed by atoms with Crippen molar-refractivity contribution < 1.29 is 0 Å². The third-order valence-corrected chi connectivity index (χ3v) is 3.77. The maximum absolute atomic E-state index is 4.89. The average Bonchev–Trinajstić information content (AvgIpc) is 2.40. The highest BCUT2D eigenvalue weighted by atomic mass is 79.9. The normalized spacial score (nSPS) is 16.9. The highest BCUT2D eigenvalue weighted by Gasteiger charge is 2.29. The van der Waals surface area contributed by atoms with E-state index in [2.05, 4.69) is 52.2 Å². The molecule has 19 heavy (non-hydrogen) atoms. The predicted molar refractivity (Wildman–Crippen MR) is 84.9 cm³/mol. The number of hydrogen-bond donors (Lipinski definition) is 1. The summed E-state index contributed by atoms with van der Waals surface area (Å²) in [6.45, 7) is 4.37. The van der Waals surface area contributed by atoms with Crippen LogP contribution in [0.2, 0.25) is 0 Å². The fraction of sp³-hybridized carbons (Fsp3) is 0.467. The van der Waals surface area contributed by atoms with Gasteiger partial charge in [-0.3, -0.25) is 0 Å². The zero-order valence-corrected chi connectivity index (χ0v) is 13.1. The van der Waals surface area contributed by atoms with Gasteiger partial charge in [-0.25, -0.2) is 9.98 Å². The van der Waals surface area contributed by atoms with E-state index in [1.165, 1.54) is 0 Å². The Bertz CT molecular complexity index is 471. The number of hydrogen-bond acceptors (Lipinski definition) is 3. The largest absolute Gasteiger partial charge is 0.331 e. The molecule has 0 spiro atoms. The summed E-state index contributed by atoms with van der Waals surface area (Å²) in [6, 6.07) is 8.20. The van der Waals surface area contributed by atoms with Crippen molar-refractivity contribution in [2.24, 2.45) is 9.98 Å². The molecule has 3 nitrogen and oxygen atoms in total. The summed E-state index contributed by atoms with van der Waals surface area (Å²) in [4.78, 5) is 9.49. The van der Waals surface area contributed by atoms with Crippen LogP contribution >= 0.6 is 15.9 Å². The highest BCUT2D eigenvalue weighted by molar-refractivity contribution is 9.10. The first-order chi connectivity index (χ1) is 9.19. The van der Waals surface area contributed by atoms with Crippen LogP contribution in [0.1, 0.15) is 45.1 Å². The van der Waals surface area contributed by atoms with E-state index in [9.17, 15) is 0 Å². The van der Waals surface area contributed by atoms with E-state index < -0.39 is 0 Å². The van der Waals surface area contributed by atoms with Gasteiger partial charge in [0, 0.05) is 10.0 Å². The van der Waals surface area contributed by atoms with Crippen LogP contribution in [-0.4, -0.2) is 17.8 Å². The Morgan fingerprint density at radius 1 is 1.11 bits per heavy atom. The Morgan fingerprint density at radius 3 is 2.32 bits per heavy atom. The molecule has 0 aromatic heterocycles. The van der Waals surface area contributed by atoms with Crippen LogP contribution in [0.5, 0.6) is 0 Å². The van der Waals surface area contributed by atoms with Gasteiger partial charge in [0.2, 0.25) is 0 Å². The van der Waals surface area contributed by atoms with Crippen LogP contribution in [0.25, 0.3) is 0 Å². The van der Waals surface area contributed by atoms with E-state index in [1.54, 1.807) is 6.34 Å². The lowest BCUT2D eigenvalue weighted by Crippen LogP contribution is -2.37. The molecule has 0 saturated carbocycles. The summed E-state index contributed by atoms with van der Waals surface area (Å²) >= 11 is 3.46. The molecule has 1 aliphatic heterocycles. The Labute approximate surface area is 123 Å². The van der Waals surface area contributed by atoms with E-state index >= 15 is 0 Å². The summed E-state index contributed by atoms with van der Waals surface area (Å²) in [7, 11) is 0. The van der Waals surface area contributed by atoms with Gasteiger partial charge < -0.3 is 5.32 Å². The number of rotatable bonds is 5. The van der Waals surface area contributed by atoms with Gasteiger partial charge >= 0.3 is 0 Å². The van der Waals surface area contributed by atoms with E-state index in [0.29, 0.717) is 0 Å². The number of nitrogens with zero attached hydrogens (tertiary/aromatic N) is 2. The van der Waals surface area contributed by atoms with Gasteiger partial charge in [-0.05, 0) is 25.0 Å². The quantitative estimate of drug-likeness (QED) is 0.870. The van der Waals surface area contributed by atoms with Gasteiger partial charge in [0.05, 0.1) is 6.34 Å². The van der Waals surface area contributed by atoms with Crippen molar-refractivity contribution in [1.29, 1.82) is 0 Å². The highest BCUT2D eigenvalue weighted by Crippen LogP contribution is 2.28. The molecule has 4 heteroatoms. The molecular weight excluding hydrogens is 302 g/mol. The second kappa shape index (κ2) is 6.33. The number of halogens is 1. The Balaban J connectivity index is 2.30. The number of nitrogens with one attached hydrogen (secondary N) is 1. The van der Waals surface area contributed by atoms with Gasteiger partial charge in [-0.2, -0.15) is 0 Å². The summed E-state index contributed by atoms with van der Waals surface area (Å²) in [5.74, 6) is 0.921. The third-order valence-electron chi connectivity index (χ3n) is 3.24. The first-order valence-electron chi connectivity index (χ1n) is 6.85. The van der Waals surface area contributed by atoms with Crippen molar-refractivity contribution in [3.63, 3.8) is 0 Å². The molecule has 0 saturated heterocycles. The summed E-state index contributed by atoms with van der Waals surface area (Å²) in [5, 5.41) is 3.17. The monoisotopic (exact) mass is 321 g/mol. The van der Waals surface area contributed by atoms with Gasteiger partial charge in [0.25, 0.3) is 0 Å². The predicted octanol–water partition coefficient (Wildman–Crippen LogP) is 4.12. The zero-order chi connectivity index (χ0) is 13.7. The molecule has 0 unspecified atom stereocenters. The summed E-state index contributed by atoms with van der Waals surface area (Å²) in [5.41, 5.74) is 0.836. The van der Waals surface area contributed by atoms with E-state index in [1.807, 2.05) is 12.1 Å². The lowest BCUT2D eigenvalue weighted by Gasteiger charge is -2.29. The maximum atomic E-state index is 4.89. The molecule has 0 bridgehead atoms. The molecule has 1 N–H and O–H groups in total. The SMILES string of the molecule is CCCC1(CCC)N=CNC(c2ccc(Br)cc2)=N1. The van der Waals surface area contributed by atoms with Crippen molar-refractivity contribution >= 4 is 28.1 Å². The van der Waals surface area contributed by atoms with Crippen molar-refractivity contribution in [1.82, 2.24) is 5.32 Å². The molecule has 1 aromatic carbocycles. The Morgan fingerprint density at radius 2 is 1.74 bits per heavy atom. The minimum absolute atomic E-state index is 0.267. The molecule has 1 aromatic rings. The van der Waals surface area contributed by atoms with Gasteiger partial charge in [-0.15, -0.1) is 0 Å². The second-order valence-electron chi connectivity index (χ2n) is 4.85. The van der Waals surface area contributed by atoms with Gasteiger partial charge in [-0.1, -0.05) is 54.8 Å². The molecule has 0 aliphatic carbocycles. The van der Waals surface area contributed by atoms with E-state index in [4.69, 9.17) is 4.99 Å². The molecule has 0 fully saturated rings. The van der Waals surface area contributed by atoms with Crippen LogP contribution < -0.4 is 5.32 Å². The Hall–Kier alpha value is -1.16.